The Hall–Kier alpha value is 0.450. The SMILES string of the molecule is OC(CCl)CNc1c(Br)cc(Br)c(F)c1Cl. The maximum absolute atomic E-state index is 13.4. The molecule has 7 heteroatoms. The lowest BCUT2D eigenvalue weighted by molar-refractivity contribution is 0.211. The Bertz CT molecular complexity index is 392. The van der Waals surface area contributed by atoms with Crippen molar-refractivity contribution < 1.29 is 9.50 Å². The van der Waals surface area contributed by atoms with Crippen molar-refractivity contribution in [3.63, 3.8) is 0 Å². The molecule has 0 amide bonds. The molecule has 0 aromatic heterocycles. The third-order valence-electron chi connectivity index (χ3n) is 1.81. The molecule has 1 aromatic rings. The number of aliphatic hydroxyl groups excluding tert-OH is 1. The summed E-state index contributed by atoms with van der Waals surface area (Å²) in [6.45, 7) is 0.197. The molecule has 0 heterocycles. The molecule has 0 aliphatic rings. The van der Waals surface area contributed by atoms with E-state index < -0.39 is 11.9 Å². The molecule has 0 spiro atoms. The van der Waals surface area contributed by atoms with E-state index in [0.717, 1.165) is 0 Å². The van der Waals surface area contributed by atoms with Crippen molar-refractivity contribution in [1.82, 2.24) is 0 Å². The summed E-state index contributed by atoms with van der Waals surface area (Å²) >= 11 is 17.5. The first-order valence-electron chi connectivity index (χ1n) is 4.28. The molecule has 0 saturated carbocycles. The first kappa shape index (κ1) is 14.5. The largest absolute Gasteiger partial charge is 0.390 e. The molecule has 1 aromatic carbocycles. The van der Waals surface area contributed by atoms with Crippen LogP contribution in [0.3, 0.4) is 0 Å². The summed E-state index contributed by atoms with van der Waals surface area (Å²) in [6, 6.07) is 1.54. The molecule has 0 aliphatic heterocycles. The van der Waals surface area contributed by atoms with E-state index >= 15 is 0 Å². The molecule has 1 unspecified atom stereocenters. The van der Waals surface area contributed by atoms with Crippen molar-refractivity contribution in [2.45, 2.75) is 6.10 Å². The van der Waals surface area contributed by atoms with Gasteiger partial charge in [-0.25, -0.2) is 4.39 Å². The van der Waals surface area contributed by atoms with Crippen LogP contribution in [0.2, 0.25) is 5.02 Å². The third kappa shape index (κ3) is 3.47. The summed E-state index contributed by atoms with van der Waals surface area (Å²) in [5.41, 5.74) is 0.395. The molecular formula is C9H8Br2Cl2FNO. The van der Waals surface area contributed by atoms with Crippen molar-refractivity contribution >= 4 is 60.7 Å². The van der Waals surface area contributed by atoms with Gasteiger partial charge in [0.15, 0.2) is 5.82 Å². The molecule has 0 fully saturated rings. The number of hydrogen-bond donors (Lipinski definition) is 2. The van der Waals surface area contributed by atoms with E-state index in [4.69, 9.17) is 23.2 Å². The topological polar surface area (TPSA) is 32.3 Å². The number of nitrogens with one attached hydrogen (secondary N) is 1. The first-order valence-corrected chi connectivity index (χ1v) is 6.78. The number of hydrogen-bond acceptors (Lipinski definition) is 2. The van der Waals surface area contributed by atoms with Crippen molar-refractivity contribution in [2.24, 2.45) is 0 Å². The van der Waals surface area contributed by atoms with Crippen LogP contribution in [0.15, 0.2) is 15.0 Å². The average Bonchev–Trinajstić information content (AvgIpc) is 2.25. The fourth-order valence-electron chi connectivity index (χ4n) is 1.00. The highest BCUT2D eigenvalue weighted by Crippen LogP contribution is 2.37. The van der Waals surface area contributed by atoms with E-state index in [1.54, 1.807) is 0 Å². The van der Waals surface area contributed by atoms with Crippen molar-refractivity contribution in [3.05, 3.63) is 25.9 Å². The molecular weight excluding hydrogens is 388 g/mol. The zero-order valence-corrected chi connectivity index (χ0v) is 12.6. The van der Waals surface area contributed by atoms with Gasteiger partial charge in [-0.2, -0.15) is 0 Å². The number of halogens is 5. The van der Waals surface area contributed by atoms with E-state index in [-0.39, 0.29) is 21.9 Å². The van der Waals surface area contributed by atoms with Gasteiger partial charge in [0.05, 0.1) is 22.1 Å². The molecule has 1 atom stereocenters. The van der Waals surface area contributed by atoms with Gasteiger partial charge in [-0.15, -0.1) is 11.6 Å². The average molecular weight is 396 g/mol. The lowest BCUT2D eigenvalue weighted by Crippen LogP contribution is -2.21. The molecule has 90 valence electrons. The second-order valence-electron chi connectivity index (χ2n) is 3.03. The predicted octanol–water partition coefficient (Wildman–Crippen LogP) is 4.02. The van der Waals surface area contributed by atoms with Crippen LogP contribution in [-0.4, -0.2) is 23.6 Å². The second kappa shape index (κ2) is 6.40. The molecule has 2 N–H and O–H groups in total. The molecule has 16 heavy (non-hydrogen) atoms. The van der Waals surface area contributed by atoms with E-state index in [2.05, 4.69) is 37.2 Å². The number of alkyl halides is 1. The minimum Gasteiger partial charge on any atom is -0.390 e. The minimum atomic E-state index is -0.712. The standard InChI is InChI=1S/C9H8Br2Cl2FNO/c10-5-1-6(11)9(7(13)8(5)14)15-3-4(16)2-12/h1,4,15-16H,2-3H2. The molecule has 1 rings (SSSR count). The Morgan fingerprint density at radius 2 is 2.06 bits per heavy atom. The zero-order valence-electron chi connectivity index (χ0n) is 7.91. The lowest BCUT2D eigenvalue weighted by Gasteiger charge is -2.14. The van der Waals surface area contributed by atoms with Crippen LogP contribution in [0, 0.1) is 5.82 Å². The number of anilines is 1. The van der Waals surface area contributed by atoms with Crippen LogP contribution in [0.25, 0.3) is 0 Å². The van der Waals surface area contributed by atoms with Gasteiger partial charge in [0, 0.05) is 11.0 Å². The third-order valence-corrected chi connectivity index (χ3v) is 3.72. The Morgan fingerprint density at radius 3 is 2.62 bits per heavy atom. The highest BCUT2D eigenvalue weighted by Gasteiger charge is 2.15. The molecule has 2 nitrogen and oxygen atoms in total. The van der Waals surface area contributed by atoms with Crippen LogP contribution in [0.1, 0.15) is 0 Å². The van der Waals surface area contributed by atoms with Gasteiger partial charge in [0.2, 0.25) is 0 Å². The van der Waals surface area contributed by atoms with Gasteiger partial charge in [0.1, 0.15) is 5.02 Å². The smallest absolute Gasteiger partial charge is 0.158 e. The maximum atomic E-state index is 13.4. The van der Waals surface area contributed by atoms with Crippen LogP contribution >= 0.6 is 55.1 Å². The monoisotopic (exact) mass is 393 g/mol. The van der Waals surface area contributed by atoms with Crippen LogP contribution in [0.5, 0.6) is 0 Å². The van der Waals surface area contributed by atoms with Gasteiger partial charge < -0.3 is 10.4 Å². The summed E-state index contributed by atoms with van der Waals surface area (Å²) in [4.78, 5) is 0. The number of aliphatic hydroxyl groups is 1. The van der Waals surface area contributed by atoms with Crippen LogP contribution in [-0.2, 0) is 0 Å². The molecule has 0 bridgehead atoms. The summed E-state index contributed by atoms with van der Waals surface area (Å²) in [7, 11) is 0. The molecule has 0 aliphatic carbocycles. The quantitative estimate of drug-likeness (QED) is 0.458. The Balaban J connectivity index is 2.92. The van der Waals surface area contributed by atoms with E-state index in [1.165, 1.54) is 6.07 Å². The van der Waals surface area contributed by atoms with E-state index in [9.17, 15) is 9.50 Å². The lowest BCUT2D eigenvalue weighted by atomic mass is 10.3. The van der Waals surface area contributed by atoms with E-state index in [1.807, 2.05) is 0 Å². The molecule has 0 saturated heterocycles. The van der Waals surface area contributed by atoms with Gasteiger partial charge in [0.25, 0.3) is 0 Å². The second-order valence-corrected chi connectivity index (χ2v) is 5.43. The number of rotatable bonds is 4. The van der Waals surface area contributed by atoms with Gasteiger partial charge >= 0.3 is 0 Å². The van der Waals surface area contributed by atoms with Crippen LogP contribution in [0.4, 0.5) is 10.1 Å². The van der Waals surface area contributed by atoms with Gasteiger partial charge in [-0.05, 0) is 37.9 Å². The van der Waals surface area contributed by atoms with Gasteiger partial charge in [-0.3, -0.25) is 0 Å². The Kier molecular flexibility index (Phi) is 5.81. The summed E-state index contributed by atoms with van der Waals surface area (Å²) < 4.78 is 14.3. The molecule has 0 radical (unpaired) electrons. The fourth-order valence-corrected chi connectivity index (χ4v) is 2.91. The summed E-state index contributed by atoms with van der Waals surface area (Å²) in [6.07, 6.45) is -0.712. The predicted molar refractivity (Wildman–Crippen MR) is 72.0 cm³/mol. The highest BCUT2D eigenvalue weighted by molar-refractivity contribution is 9.11. The van der Waals surface area contributed by atoms with Crippen molar-refractivity contribution in [3.8, 4) is 0 Å². The maximum Gasteiger partial charge on any atom is 0.158 e. The van der Waals surface area contributed by atoms with Crippen molar-refractivity contribution in [2.75, 3.05) is 17.7 Å². The summed E-state index contributed by atoms with van der Waals surface area (Å²) in [5, 5.41) is 12.1. The van der Waals surface area contributed by atoms with Gasteiger partial charge in [-0.1, -0.05) is 11.6 Å². The highest BCUT2D eigenvalue weighted by atomic mass is 79.9. The number of benzene rings is 1. The normalized spacial score (nSPS) is 12.6. The van der Waals surface area contributed by atoms with Crippen molar-refractivity contribution in [1.29, 1.82) is 0 Å². The summed E-state index contributed by atoms with van der Waals surface area (Å²) in [5.74, 6) is -0.450. The minimum absolute atomic E-state index is 0.0389. The Morgan fingerprint density at radius 1 is 1.44 bits per heavy atom. The van der Waals surface area contributed by atoms with E-state index in [0.29, 0.717) is 10.2 Å². The first-order chi connectivity index (χ1) is 7.47. The Labute approximate surface area is 119 Å². The van der Waals surface area contributed by atoms with Crippen LogP contribution < -0.4 is 5.32 Å². The zero-order chi connectivity index (χ0) is 12.3. The fraction of sp³-hybridized carbons (Fsp3) is 0.333.